The summed E-state index contributed by atoms with van der Waals surface area (Å²) in [6, 6.07) is 15.0. The average Bonchev–Trinajstić information content (AvgIpc) is 2.98. The molecule has 106 valence electrons. The number of rotatable bonds is 4. The van der Waals surface area contributed by atoms with Crippen molar-refractivity contribution in [1.29, 1.82) is 0 Å². The lowest BCUT2D eigenvalue weighted by Gasteiger charge is -2.05. The Labute approximate surface area is 122 Å². The summed E-state index contributed by atoms with van der Waals surface area (Å²) in [5.41, 5.74) is 8.09. The van der Waals surface area contributed by atoms with Gasteiger partial charge < -0.3 is 14.9 Å². The Bertz CT molecular complexity index is 738. The molecule has 0 atom stereocenters. The molecule has 0 aliphatic heterocycles. The maximum atomic E-state index is 5.88. The van der Waals surface area contributed by atoms with Gasteiger partial charge in [0.1, 0.15) is 5.75 Å². The number of anilines is 1. The number of nitrogens with two attached hydrogens (primary N) is 1. The molecule has 21 heavy (non-hydrogen) atoms. The van der Waals surface area contributed by atoms with Crippen molar-refractivity contribution in [2.75, 3.05) is 12.3 Å². The van der Waals surface area contributed by atoms with Gasteiger partial charge in [0.05, 0.1) is 6.61 Å². The number of ether oxygens (including phenoxy) is 1. The molecule has 0 unspecified atom stereocenters. The molecule has 0 fully saturated rings. The fourth-order valence-electron chi connectivity index (χ4n) is 2.03. The summed E-state index contributed by atoms with van der Waals surface area (Å²) in [6.07, 6.45) is 0. The lowest BCUT2D eigenvalue weighted by atomic mass is 10.2. The highest BCUT2D eigenvalue weighted by Gasteiger charge is 2.11. The highest BCUT2D eigenvalue weighted by Crippen LogP contribution is 2.28. The van der Waals surface area contributed by atoms with E-state index >= 15 is 0 Å². The first-order valence-corrected chi connectivity index (χ1v) is 6.69. The Morgan fingerprint density at radius 3 is 2.43 bits per heavy atom. The van der Waals surface area contributed by atoms with Crippen LogP contribution in [0.1, 0.15) is 6.92 Å². The molecule has 1 aromatic heterocycles. The SMILES string of the molecule is CCOc1cc(N)cc(-c2nnc(-c3ccccc3)o2)c1. The molecule has 0 radical (unpaired) electrons. The second kappa shape index (κ2) is 5.66. The summed E-state index contributed by atoms with van der Waals surface area (Å²) < 4.78 is 11.2. The topological polar surface area (TPSA) is 74.2 Å². The van der Waals surface area contributed by atoms with E-state index in [9.17, 15) is 0 Å². The fraction of sp³-hybridized carbons (Fsp3) is 0.125. The van der Waals surface area contributed by atoms with Crippen molar-refractivity contribution >= 4 is 5.69 Å². The molecule has 0 aliphatic carbocycles. The minimum atomic E-state index is 0.419. The number of benzene rings is 2. The molecule has 0 saturated carbocycles. The molecule has 0 amide bonds. The highest BCUT2D eigenvalue weighted by atomic mass is 16.5. The van der Waals surface area contributed by atoms with E-state index in [2.05, 4.69) is 10.2 Å². The van der Waals surface area contributed by atoms with Gasteiger partial charge in [-0.2, -0.15) is 0 Å². The molecule has 0 spiro atoms. The van der Waals surface area contributed by atoms with Gasteiger partial charge in [-0.25, -0.2) is 0 Å². The molecule has 1 heterocycles. The highest BCUT2D eigenvalue weighted by molar-refractivity contribution is 5.64. The van der Waals surface area contributed by atoms with E-state index in [0.717, 1.165) is 11.1 Å². The van der Waals surface area contributed by atoms with E-state index in [0.29, 0.717) is 29.8 Å². The third-order valence-corrected chi connectivity index (χ3v) is 2.93. The number of nitrogens with zero attached hydrogens (tertiary/aromatic N) is 2. The lowest BCUT2D eigenvalue weighted by Crippen LogP contribution is -1.94. The molecule has 3 aromatic rings. The molecule has 2 N–H and O–H groups in total. The van der Waals surface area contributed by atoms with Gasteiger partial charge in [0.2, 0.25) is 11.8 Å². The van der Waals surface area contributed by atoms with Crippen LogP contribution >= 0.6 is 0 Å². The smallest absolute Gasteiger partial charge is 0.248 e. The standard InChI is InChI=1S/C16H15N3O2/c1-2-20-14-9-12(8-13(17)10-14)16-19-18-15(21-16)11-6-4-3-5-7-11/h3-10H,2,17H2,1H3. The third kappa shape index (κ3) is 2.86. The minimum Gasteiger partial charge on any atom is -0.494 e. The van der Waals surface area contributed by atoms with E-state index in [-0.39, 0.29) is 0 Å². The van der Waals surface area contributed by atoms with Crippen LogP contribution in [0.25, 0.3) is 22.9 Å². The zero-order valence-electron chi connectivity index (χ0n) is 11.6. The second-order valence-corrected chi connectivity index (χ2v) is 4.50. The molecule has 5 nitrogen and oxygen atoms in total. The van der Waals surface area contributed by atoms with Crippen molar-refractivity contribution in [2.45, 2.75) is 6.92 Å². The van der Waals surface area contributed by atoms with Gasteiger partial charge in [-0.3, -0.25) is 0 Å². The third-order valence-electron chi connectivity index (χ3n) is 2.93. The van der Waals surface area contributed by atoms with Crippen molar-refractivity contribution < 1.29 is 9.15 Å². The Morgan fingerprint density at radius 1 is 1.00 bits per heavy atom. The summed E-state index contributed by atoms with van der Waals surface area (Å²) in [6.45, 7) is 2.49. The quantitative estimate of drug-likeness (QED) is 0.742. The Morgan fingerprint density at radius 2 is 1.71 bits per heavy atom. The normalized spacial score (nSPS) is 10.5. The van der Waals surface area contributed by atoms with Crippen molar-refractivity contribution in [1.82, 2.24) is 10.2 Å². The van der Waals surface area contributed by atoms with Crippen molar-refractivity contribution in [2.24, 2.45) is 0 Å². The van der Waals surface area contributed by atoms with Gasteiger partial charge in [-0.15, -0.1) is 10.2 Å². The summed E-state index contributed by atoms with van der Waals surface area (Å²) in [4.78, 5) is 0. The van der Waals surface area contributed by atoms with Gasteiger partial charge in [-0.1, -0.05) is 18.2 Å². The first-order chi connectivity index (χ1) is 10.3. The van der Waals surface area contributed by atoms with Crippen molar-refractivity contribution in [3.63, 3.8) is 0 Å². The molecule has 0 aliphatic rings. The fourth-order valence-corrected chi connectivity index (χ4v) is 2.03. The van der Waals surface area contributed by atoms with E-state index in [4.69, 9.17) is 14.9 Å². The molecular formula is C16H15N3O2. The molecule has 3 rings (SSSR count). The van der Waals surface area contributed by atoms with Crippen LogP contribution in [-0.2, 0) is 0 Å². The average molecular weight is 281 g/mol. The summed E-state index contributed by atoms with van der Waals surface area (Å²) >= 11 is 0. The van der Waals surface area contributed by atoms with Gasteiger partial charge in [0.25, 0.3) is 0 Å². The van der Waals surface area contributed by atoms with Crippen molar-refractivity contribution in [3.8, 4) is 28.7 Å². The van der Waals surface area contributed by atoms with E-state index in [1.165, 1.54) is 0 Å². The van der Waals surface area contributed by atoms with Crippen LogP contribution in [0, 0.1) is 0 Å². The first kappa shape index (κ1) is 13.2. The van der Waals surface area contributed by atoms with Gasteiger partial charge >= 0.3 is 0 Å². The monoisotopic (exact) mass is 281 g/mol. The maximum absolute atomic E-state index is 5.88. The number of hydrogen-bond acceptors (Lipinski definition) is 5. The van der Waals surface area contributed by atoms with E-state index < -0.39 is 0 Å². The molecular weight excluding hydrogens is 266 g/mol. The number of nitrogen functional groups attached to an aromatic ring is 1. The molecule has 0 saturated heterocycles. The zero-order valence-corrected chi connectivity index (χ0v) is 11.6. The Kier molecular flexibility index (Phi) is 3.55. The maximum Gasteiger partial charge on any atom is 0.248 e. The van der Waals surface area contributed by atoms with Crippen LogP contribution in [0.15, 0.2) is 52.9 Å². The van der Waals surface area contributed by atoms with Crippen LogP contribution in [0.5, 0.6) is 5.75 Å². The van der Waals surface area contributed by atoms with Gasteiger partial charge in [0, 0.05) is 22.9 Å². The molecule has 0 bridgehead atoms. The van der Waals surface area contributed by atoms with Crippen LogP contribution in [0.3, 0.4) is 0 Å². The Hall–Kier alpha value is -2.82. The van der Waals surface area contributed by atoms with Crippen LogP contribution < -0.4 is 10.5 Å². The predicted molar refractivity (Wildman–Crippen MR) is 80.8 cm³/mol. The minimum absolute atomic E-state index is 0.419. The first-order valence-electron chi connectivity index (χ1n) is 6.69. The molecule has 2 aromatic carbocycles. The Balaban J connectivity index is 1.96. The summed E-state index contributed by atoms with van der Waals surface area (Å²) in [5.74, 6) is 1.58. The van der Waals surface area contributed by atoms with Gasteiger partial charge in [-0.05, 0) is 31.2 Å². The predicted octanol–water partition coefficient (Wildman–Crippen LogP) is 3.38. The molecule has 5 heteroatoms. The summed E-state index contributed by atoms with van der Waals surface area (Å²) in [7, 11) is 0. The second-order valence-electron chi connectivity index (χ2n) is 4.50. The van der Waals surface area contributed by atoms with Gasteiger partial charge in [0.15, 0.2) is 0 Å². The van der Waals surface area contributed by atoms with E-state index in [1.54, 1.807) is 12.1 Å². The number of hydrogen-bond donors (Lipinski definition) is 1. The van der Waals surface area contributed by atoms with Crippen LogP contribution in [0.2, 0.25) is 0 Å². The summed E-state index contributed by atoms with van der Waals surface area (Å²) in [5, 5.41) is 8.15. The van der Waals surface area contributed by atoms with Crippen LogP contribution in [-0.4, -0.2) is 16.8 Å². The zero-order chi connectivity index (χ0) is 14.7. The van der Waals surface area contributed by atoms with Crippen LogP contribution in [0.4, 0.5) is 5.69 Å². The lowest BCUT2D eigenvalue weighted by molar-refractivity contribution is 0.340. The largest absolute Gasteiger partial charge is 0.494 e. The number of aromatic nitrogens is 2. The van der Waals surface area contributed by atoms with Crippen molar-refractivity contribution in [3.05, 3.63) is 48.5 Å². The van der Waals surface area contributed by atoms with E-state index in [1.807, 2.05) is 43.3 Å².